The number of carboxylic acids is 1. The van der Waals surface area contributed by atoms with E-state index in [2.05, 4.69) is 32.6 Å². The monoisotopic (exact) mass is 453 g/mol. The third kappa shape index (κ3) is 5.51. The van der Waals surface area contributed by atoms with E-state index in [0.717, 1.165) is 31.9 Å². The first-order chi connectivity index (χ1) is 15.6. The van der Waals surface area contributed by atoms with Crippen LogP contribution < -0.4 is 4.90 Å². The summed E-state index contributed by atoms with van der Waals surface area (Å²) >= 11 is 1.27. The first kappa shape index (κ1) is 22.0. The number of aromatic carboxylic acids is 1. The second-order valence-corrected chi connectivity index (χ2v) is 8.26. The van der Waals surface area contributed by atoms with Gasteiger partial charge >= 0.3 is 5.97 Å². The Morgan fingerprint density at radius 3 is 2.59 bits per heavy atom. The van der Waals surface area contributed by atoms with Crippen LogP contribution in [0.1, 0.15) is 22.3 Å². The number of anilines is 1. The summed E-state index contributed by atoms with van der Waals surface area (Å²) in [5.41, 5.74) is 3.12. The highest BCUT2D eigenvalue weighted by Gasteiger charge is 2.14. The zero-order valence-corrected chi connectivity index (χ0v) is 18.2. The Morgan fingerprint density at radius 1 is 1.06 bits per heavy atom. The van der Waals surface area contributed by atoms with Gasteiger partial charge in [-0.05, 0) is 58.8 Å². The Balaban J connectivity index is 1.31. The molecule has 32 heavy (non-hydrogen) atoms. The number of benzene rings is 2. The van der Waals surface area contributed by atoms with Crippen LogP contribution >= 0.6 is 11.8 Å². The average Bonchev–Trinajstić information content (AvgIpc) is 3.31. The first-order valence-electron chi connectivity index (χ1n) is 10.3. The number of ketones is 1. The predicted octanol–water partition coefficient (Wildman–Crippen LogP) is 2.49. The topological polar surface area (TPSA) is 110 Å². The van der Waals surface area contributed by atoms with Gasteiger partial charge in [0.1, 0.15) is 5.78 Å². The molecule has 1 aliphatic rings. The van der Waals surface area contributed by atoms with E-state index in [0.29, 0.717) is 23.7 Å². The largest absolute Gasteiger partial charge is 0.478 e. The highest BCUT2D eigenvalue weighted by atomic mass is 32.2. The standard InChI is InChI=1S/C22H23N5O4S/c28-20(9-4-16-2-1-3-19(14-16)26-10-12-31-13-11-26)15-32-22-23-24-25-27(22)18-7-5-17(6-8-18)21(29)30/h1-3,5-8,14H,4,9-13,15H2,(H,29,30). The maximum Gasteiger partial charge on any atom is 0.335 e. The summed E-state index contributed by atoms with van der Waals surface area (Å²) in [5.74, 6) is -0.622. The van der Waals surface area contributed by atoms with E-state index in [9.17, 15) is 9.59 Å². The molecule has 1 N–H and O–H groups in total. The number of aromatic nitrogens is 4. The zero-order chi connectivity index (χ0) is 22.3. The summed E-state index contributed by atoms with van der Waals surface area (Å²) in [7, 11) is 0. The molecule has 10 heteroatoms. The number of hydrogen-bond donors (Lipinski definition) is 1. The van der Waals surface area contributed by atoms with E-state index >= 15 is 0 Å². The lowest BCUT2D eigenvalue weighted by molar-refractivity contribution is -0.116. The molecule has 0 amide bonds. The molecule has 166 valence electrons. The maximum absolute atomic E-state index is 12.5. The number of nitrogens with zero attached hydrogens (tertiary/aromatic N) is 5. The number of morpholine rings is 1. The number of carboxylic acid groups (broad SMARTS) is 1. The number of rotatable bonds is 9. The van der Waals surface area contributed by atoms with Gasteiger partial charge in [-0.2, -0.15) is 4.68 Å². The molecule has 1 saturated heterocycles. The normalized spacial score (nSPS) is 13.8. The van der Waals surface area contributed by atoms with Gasteiger partial charge in [-0.3, -0.25) is 4.79 Å². The van der Waals surface area contributed by atoms with Crippen molar-refractivity contribution in [2.24, 2.45) is 0 Å². The van der Waals surface area contributed by atoms with Gasteiger partial charge in [0.05, 0.1) is 30.2 Å². The smallest absolute Gasteiger partial charge is 0.335 e. The SMILES string of the molecule is O=C(CCc1cccc(N2CCOCC2)c1)CSc1nnnn1-c1ccc(C(=O)O)cc1. The second-order valence-electron chi connectivity index (χ2n) is 7.32. The molecule has 0 unspecified atom stereocenters. The van der Waals surface area contributed by atoms with Crippen molar-refractivity contribution in [2.45, 2.75) is 18.0 Å². The predicted molar refractivity (Wildman–Crippen MR) is 120 cm³/mol. The summed E-state index contributed by atoms with van der Waals surface area (Å²) in [6.07, 6.45) is 1.12. The number of tetrazole rings is 1. The lowest BCUT2D eigenvalue weighted by Gasteiger charge is -2.29. The van der Waals surface area contributed by atoms with Crippen LogP contribution in [0, 0.1) is 0 Å². The second kappa shape index (κ2) is 10.4. The van der Waals surface area contributed by atoms with Gasteiger partial charge in [0.2, 0.25) is 5.16 Å². The van der Waals surface area contributed by atoms with Gasteiger partial charge in [0.15, 0.2) is 0 Å². The third-order valence-corrected chi connectivity index (χ3v) is 6.12. The van der Waals surface area contributed by atoms with Gasteiger partial charge in [0, 0.05) is 25.2 Å². The van der Waals surface area contributed by atoms with Crippen molar-refractivity contribution in [3.8, 4) is 5.69 Å². The van der Waals surface area contributed by atoms with E-state index in [4.69, 9.17) is 9.84 Å². The number of hydrogen-bond acceptors (Lipinski definition) is 8. The number of aryl methyl sites for hydroxylation is 1. The summed E-state index contributed by atoms with van der Waals surface area (Å²) in [6.45, 7) is 3.24. The molecule has 0 radical (unpaired) electrons. The Hall–Kier alpha value is -3.24. The van der Waals surface area contributed by atoms with Gasteiger partial charge in [-0.15, -0.1) is 5.10 Å². The van der Waals surface area contributed by atoms with Crippen LogP contribution in [0.5, 0.6) is 0 Å². The average molecular weight is 454 g/mol. The zero-order valence-electron chi connectivity index (χ0n) is 17.4. The molecule has 1 aromatic heterocycles. The molecular formula is C22H23N5O4S. The molecule has 0 spiro atoms. The fraction of sp³-hybridized carbons (Fsp3) is 0.318. The minimum absolute atomic E-state index is 0.113. The Morgan fingerprint density at radius 2 is 1.84 bits per heavy atom. The maximum atomic E-state index is 12.5. The molecule has 4 rings (SSSR count). The van der Waals surface area contributed by atoms with Crippen LogP contribution in [0.2, 0.25) is 0 Å². The molecule has 0 aliphatic carbocycles. The van der Waals surface area contributed by atoms with Crippen molar-refractivity contribution in [1.82, 2.24) is 20.2 Å². The van der Waals surface area contributed by atoms with Crippen molar-refractivity contribution in [3.63, 3.8) is 0 Å². The molecule has 2 heterocycles. The third-order valence-electron chi connectivity index (χ3n) is 5.14. The number of thioether (sulfide) groups is 1. The minimum Gasteiger partial charge on any atom is -0.478 e. The number of Topliss-reactive ketones (excluding diaryl/α,β-unsaturated/α-hetero) is 1. The highest BCUT2D eigenvalue weighted by Crippen LogP contribution is 2.21. The summed E-state index contributed by atoms with van der Waals surface area (Å²) in [5, 5.41) is 21.1. The van der Waals surface area contributed by atoms with E-state index in [1.165, 1.54) is 34.3 Å². The lowest BCUT2D eigenvalue weighted by atomic mass is 10.1. The summed E-state index contributed by atoms with van der Waals surface area (Å²) < 4.78 is 6.91. The summed E-state index contributed by atoms with van der Waals surface area (Å²) in [4.78, 5) is 25.8. The van der Waals surface area contributed by atoms with Crippen LogP contribution in [0.3, 0.4) is 0 Å². The molecule has 9 nitrogen and oxygen atoms in total. The molecule has 1 aliphatic heterocycles. The number of carbonyl (C=O) groups excluding carboxylic acids is 1. The molecule has 0 saturated carbocycles. The fourth-order valence-electron chi connectivity index (χ4n) is 3.41. The Labute approximate surface area is 189 Å². The number of carbonyl (C=O) groups is 2. The Bertz CT molecular complexity index is 1080. The Kier molecular flexibility index (Phi) is 7.13. The van der Waals surface area contributed by atoms with Gasteiger partial charge in [0.25, 0.3) is 0 Å². The van der Waals surface area contributed by atoms with Gasteiger partial charge in [-0.25, -0.2) is 4.79 Å². The fourth-order valence-corrected chi connectivity index (χ4v) is 4.20. The van der Waals surface area contributed by atoms with Crippen molar-refractivity contribution in [1.29, 1.82) is 0 Å². The molecule has 0 bridgehead atoms. The molecular weight excluding hydrogens is 430 g/mol. The quantitative estimate of drug-likeness (QED) is 0.489. The van der Waals surface area contributed by atoms with Crippen molar-refractivity contribution in [2.75, 3.05) is 37.0 Å². The van der Waals surface area contributed by atoms with Crippen LogP contribution in [0.15, 0.2) is 53.7 Å². The van der Waals surface area contributed by atoms with E-state index in [1.807, 2.05) is 12.1 Å². The first-order valence-corrected chi connectivity index (χ1v) is 11.3. The minimum atomic E-state index is -0.996. The van der Waals surface area contributed by atoms with Crippen LogP contribution in [0.25, 0.3) is 5.69 Å². The molecule has 3 aromatic rings. The van der Waals surface area contributed by atoms with E-state index in [-0.39, 0.29) is 17.1 Å². The van der Waals surface area contributed by atoms with Crippen molar-refractivity contribution in [3.05, 3.63) is 59.7 Å². The molecule has 0 atom stereocenters. The highest BCUT2D eigenvalue weighted by molar-refractivity contribution is 7.99. The molecule has 2 aromatic carbocycles. The lowest BCUT2D eigenvalue weighted by Crippen LogP contribution is -2.36. The van der Waals surface area contributed by atoms with Crippen molar-refractivity contribution < 1.29 is 19.4 Å². The van der Waals surface area contributed by atoms with Crippen molar-refractivity contribution >= 4 is 29.2 Å². The van der Waals surface area contributed by atoms with Gasteiger partial charge in [-0.1, -0.05) is 23.9 Å². The van der Waals surface area contributed by atoms with Crippen LogP contribution in [-0.4, -0.2) is 69.1 Å². The van der Waals surface area contributed by atoms with E-state index in [1.54, 1.807) is 12.1 Å². The van der Waals surface area contributed by atoms with Crippen LogP contribution in [0.4, 0.5) is 5.69 Å². The summed E-state index contributed by atoms with van der Waals surface area (Å²) in [6, 6.07) is 14.6. The molecule has 1 fully saturated rings. The van der Waals surface area contributed by atoms with Crippen LogP contribution in [-0.2, 0) is 16.0 Å². The van der Waals surface area contributed by atoms with E-state index < -0.39 is 5.97 Å². The number of ether oxygens (including phenoxy) is 1. The van der Waals surface area contributed by atoms with Gasteiger partial charge < -0.3 is 14.7 Å².